The number of amides is 8. The minimum Gasteiger partial charge on any atom is -0.481 e. The van der Waals surface area contributed by atoms with Crippen molar-refractivity contribution in [3.63, 3.8) is 0 Å². The van der Waals surface area contributed by atoms with Gasteiger partial charge >= 0.3 is 11.9 Å². The fourth-order valence-corrected chi connectivity index (χ4v) is 3.98. The summed E-state index contributed by atoms with van der Waals surface area (Å²) in [5, 5.41) is 52.0. The third-order valence-corrected chi connectivity index (χ3v) is 6.82. The number of nitrogens with one attached hydrogen (secondary N) is 7. The molecule has 0 aromatic heterocycles. The molecule has 0 aliphatic heterocycles. The number of primary amides is 1. The molecule has 17 N–H and O–H groups in total. The highest BCUT2D eigenvalue weighted by Gasteiger charge is 2.31. The number of aliphatic hydroxyl groups is 2. The molecule has 0 unspecified atom stereocenters. The fraction of sp³-hybridized carbons (Fsp3) is 0.643. The van der Waals surface area contributed by atoms with Gasteiger partial charge in [-0.05, 0) is 39.2 Å². The third-order valence-electron chi connectivity index (χ3n) is 6.82. The molecule has 8 amide bonds. The molecule has 0 bridgehead atoms. The summed E-state index contributed by atoms with van der Waals surface area (Å²) in [6.45, 7) is -1.89. The molecule has 6 atom stereocenters. The van der Waals surface area contributed by atoms with E-state index in [2.05, 4.69) is 26.6 Å². The molecule has 0 radical (unpaired) electrons. The summed E-state index contributed by atoms with van der Waals surface area (Å²) in [7, 11) is 0. The number of hydrogen-bond donors (Lipinski definition) is 14. The van der Waals surface area contributed by atoms with Crippen molar-refractivity contribution >= 4 is 59.2 Å². The van der Waals surface area contributed by atoms with Gasteiger partial charge in [-0.1, -0.05) is 0 Å². The highest BCUT2D eigenvalue weighted by molar-refractivity contribution is 5.96. The van der Waals surface area contributed by atoms with Crippen LogP contribution in [0.25, 0.3) is 0 Å². The zero-order valence-electron chi connectivity index (χ0n) is 28.3. The Kier molecular flexibility index (Phi) is 22.1. The first-order valence-corrected chi connectivity index (χ1v) is 15.8. The van der Waals surface area contributed by atoms with E-state index in [1.54, 1.807) is 0 Å². The number of carboxylic acid groups (broad SMARTS) is 2. The maximum absolute atomic E-state index is 13.0. The number of hydrogen-bond acceptors (Lipinski definition) is 14. The molecular weight excluding hydrogens is 700 g/mol. The molecule has 24 nitrogen and oxygen atoms in total. The summed E-state index contributed by atoms with van der Waals surface area (Å²) >= 11 is 0. The highest BCUT2D eigenvalue weighted by Crippen LogP contribution is 2.04. The van der Waals surface area contributed by atoms with Gasteiger partial charge < -0.3 is 74.8 Å². The van der Waals surface area contributed by atoms with Crippen LogP contribution in [0.3, 0.4) is 0 Å². The van der Waals surface area contributed by atoms with Crippen molar-refractivity contribution in [3.05, 3.63) is 0 Å². The molecule has 294 valence electrons. The average molecular weight is 749 g/mol. The summed E-state index contributed by atoms with van der Waals surface area (Å²) < 4.78 is 0. The predicted molar refractivity (Wildman–Crippen MR) is 175 cm³/mol. The number of nitrogens with two attached hydrogens (primary N) is 3. The predicted octanol–water partition coefficient (Wildman–Crippen LogP) is -8.07. The second-order valence-electron chi connectivity index (χ2n) is 11.2. The molecule has 24 heteroatoms. The maximum atomic E-state index is 13.0. The lowest BCUT2D eigenvalue weighted by molar-refractivity contribution is -0.147. The molecule has 0 heterocycles. The van der Waals surface area contributed by atoms with E-state index >= 15 is 0 Å². The van der Waals surface area contributed by atoms with E-state index in [1.807, 2.05) is 10.6 Å². The average Bonchev–Trinajstić information content (AvgIpc) is 3.07. The number of carbonyl (C=O) groups is 10. The summed E-state index contributed by atoms with van der Waals surface area (Å²) in [5.74, 6) is -11.0. The molecule has 0 saturated heterocycles. The lowest BCUT2D eigenvalue weighted by Crippen LogP contribution is -2.59. The monoisotopic (exact) mass is 748 g/mol. The maximum Gasteiger partial charge on any atom is 0.326 e. The SMILES string of the molecule is C[C@H](N)C(=O)N[C@@H](CCCCN)C(=O)N[C@@H](CO)C(=O)N[C@@H](CCC(N)=O)C(=O)NCC(=O)NCC(=O)N[C@@H](CO)C(=O)N[C@@H](CC(=O)O)C(=O)O. The molecule has 0 aromatic carbocycles. The first kappa shape index (κ1) is 46.5. The van der Waals surface area contributed by atoms with Crippen LogP contribution < -0.4 is 54.4 Å². The molecular formula is C28H48N10O14. The standard InChI is InChI=1S/C28H48N10O14/c1-13(30)23(46)35-14(4-2-3-7-29)25(48)38-18(12-40)27(50)36-15(5-6-19(31)41)24(47)33-9-20(42)32-10-21(43)34-17(11-39)26(49)37-16(28(51)52)8-22(44)45/h13-18,39-40H,2-12,29-30H2,1H3,(H2,31,41)(H,32,42)(H,33,47)(H,34,43)(H,35,46)(H,36,50)(H,37,49)(H,38,48)(H,44,45)(H,51,52)/t13-,14-,15-,16-,17-,18-/m0/s1. The van der Waals surface area contributed by atoms with Crippen LogP contribution >= 0.6 is 0 Å². The Labute approximate surface area is 296 Å². The van der Waals surface area contributed by atoms with Gasteiger partial charge in [0.1, 0.15) is 30.2 Å². The Morgan fingerprint density at radius 3 is 1.58 bits per heavy atom. The zero-order chi connectivity index (χ0) is 40.0. The summed E-state index contributed by atoms with van der Waals surface area (Å²) in [6.07, 6.45) is -0.740. The normalized spacial score (nSPS) is 14.1. The van der Waals surface area contributed by atoms with Crippen LogP contribution in [0.5, 0.6) is 0 Å². The zero-order valence-corrected chi connectivity index (χ0v) is 28.3. The van der Waals surface area contributed by atoms with Gasteiger partial charge in [-0.25, -0.2) is 4.79 Å². The molecule has 0 aromatic rings. The number of rotatable bonds is 26. The van der Waals surface area contributed by atoms with Crippen molar-refractivity contribution in [1.29, 1.82) is 0 Å². The van der Waals surface area contributed by atoms with Gasteiger partial charge in [0, 0.05) is 6.42 Å². The number of unbranched alkanes of at least 4 members (excludes halogenated alkanes) is 1. The van der Waals surface area contributed by atoms with E-state index in [9.17, 15) is 58.2 Å². The Hall–Kier alpha value is -5.46. The Morgan fingerprint density at radius 1 is 0.596 bits per heavy atom. The summed E-state index contributed by atoms with van der Waals surface area (Å²) in [6, 6.07) is -8.87. The summed E-state index contributed by atoms with van der Waals surface area (Å²) in [5.41, 5.74) is 16.2. The Balaban J connectivity index is 5.34. The number of carbonyl (C=O) groups excluding carboxylic acids is 8. The van der Waals surface area contributed by atoms with Gasteiger partial charge in [0.15, 0.2) is 0 Å². The molecule has 0 spiro atoms. The first-order valence-electron chi connectivity index (χ1n) is 15.8. The van der Waals surface area contributed by atoms with Crippen molar-refractivity contribution < 1.29 is 68.4 Å². The molecule has 0 saturated carbocycles. The van der Waals surface area contributed by atoms with Gasteiger partial charge in [0.25, 0.3) is 0 Å². The molecule has 52 heavy (non-hydrogen) atoms. The lowest BCUT2D eigenvalue weighted by Gasteiger charge is -2.24. The first-order chi connectivity index (χ1) is 24.4. The number of carboxylic acids is 2. The van der Waals surface area contributed by atoms with Crippen molar-refractivity contribution in [3.8, 4) is 0 Å². The van der Waals surface area contributed by atoms with Crippen molar-refractivity contribution in [2.45, 2.75) is 81.7 Å². The van der Waals surface area contributed by atoms with E-state index in [0.29, 0.717) is 19.4 Å². The number of aliphatic hydroxyl groups excluding tert-OH is 2. The summed E-state index contributed by atoms with van der Waals surface area (Å²) in [4.78, 5) is 121. The smallest absolute Gasteiger partial charge is 0.326 e. The van der Waals surface area contributed by atoms with Crippen LogP contribution in [0.2, 0.25) is 0 Å². The van der Waals surface area contributed by atoms with E-state index in [1.165, 1.54) is 6.92 Å². The van der Waals surface area contributed by atoms with Gasteiger partial charge in [0.05, 0.1) is 38.8 Å². The highest BCUT2D eigenvalue weighted by atomic mass is 16.4. The lowest BCUT2D eigenvalue weighted by atomic mass is 10.1. The van der Waals surface area contributed by atoms with Crippen molar-refractivity contribution in [2.24, 2.45) is 17.2 Å². The quantitative estimate of drug-likeness (QED) is 0.0365. The van der Waals surface area contributed by atoms with Crippen LogP contribution in [-0.2, 0) is 47.9 Å². The molecule has 0 aliphatic carbocycles. The van der Waals surface area contributed by atoms with E-state index in [-0.39, 0.29) is 12.8 Å². The number of aliphatic carboxylic acids is 2. The van der Waals surface area contributed by atoms with Gasteiger partial charge in [0.2, 0.25) is 47.3 Å². The van der Waals surface area contributed by atoms with Crippen LogP contribution in [0.15, 0.2) is 0 Å². The third kappa shape index (κ3) is 19.1. The molecule has 0 aliphatic rings. The van der Waals surface area contributed by atoms with Gasteiger partial charge in [-0.15, -0.1) is 0 Å². The van der Waals surface area contributed by atoms with Gasteiger partial charge in [-0.3, -0.25) is 43.2 Å². The van der Waals surface area contributed by atoms with Crippen LogP contribution in [0.1, 0.15) is 45.4 Å². The molecule has 0 rings (SSSR count). The van der Waals surface area contributed by atoms with E-state index in [0.717, 1.165) is 0 Å². The van der Waals surface area contributed by atoms with E-state index < -0.39 is 135 Å². The van der Waals surface area contributed by atoms with E-state index in [4.69, 9.17) is 27.4 Å². The van der Waals surface area contributed by atoms with Crippen LogP contribution in [-0.4, -0.2) is 149 Å². The van der Waals surface area contributed by atoms with Crippen molar-refractivity contribution in [2.75, 3.05) is 32.8 Å². The Morgan fingerprint density at radius 2 is 1.08 bits per heavy atom. The fourth-order valence-electron chi connectivity index (χ4n) is 3.98. The second kappa shape index (κ2) is 24.6. The largest absolute Gasteiger partial charge is 0.481 e. The van der Waals surface area contributed by atoms with Crippen LogP contribution in [0.4, 0.5) is 0 Å². The topological polar surface area (TPSA) is 414 Å². The minimum atomic E-state index is -1.87. The Bertz CT molecular complexity index is 1300. The molecule has 0 fully saturated rings. The van der Waals surface area contributed by atoms with Gasteiger partial charge in [-0.2, -0.15) is 0 Å². The van der Waals surface area contributed by atoms with Crippen molar-refractivity contribution in [1.82, 2.24) is 37.2 Å². The van der Waals surface area contributed by atoms with Crippen LogP contribution in [0, 0.1) is 0 Å². The minimum absolute atomic E-state index is 0.119. The second-order valence-corrected chi connectivity index (χ2v) is 11.2.